The van der Waals surface area contributed by atoms with E-state index in [1.807, 2.05) is 0 Å². The van der Waals surface area contributed by atoms with E-state index < -0.39 is 10.0 Å². The van der Waals surface area contributed by atoms with Crippen LogP contribution in [0.2, 0.25) is 0 Å². The maximum Gasteiger partial charge on any atom is 0.250 e. The molecule has 0 bridgehead atoms. The van der Waals surface area contributed by atoms with E-state index >= 15 is 0 Å². The van der Waals surface area contributed by atoms with Gasteiger partial charge in [-0.15, -0.1) is 11.3 Å². The Morgan fingerprint density at radius 1 is 1.50 bits per heavy atom. The summed E-state index contributed by atoms with van der Waals surface area (Å²) in [4.78, 5) is 0.856. The standard InChI is InChI=1S/C9H15NO4S2/c1-14-7-5-10-16(12,13)9-3-2-8(15-9)4-6-11/h2-3,10-11H,4-7H2,1H3. The van der Waals surface area contributed by atoms with Gasteiger partial charge in [0.1, 0.15) is 4.21 Å². The van der Waals surface area contributed by atoms with Crippen molar-refractivity contribution >= 4 is 21.4 Å². The molecule has 0 unspecified atom stereocenters. The smallest absolute Gasteiger partial charge is 0.250 e. The molecule has 0 aliphatic carbocycles. The first-order valence-electron chi connectivity index (χ1n) is 4.78. The van der Waals surface area contributed by atoms with Crippen LogP contribution >= 0.6 is 11.3 Å². The topological polar surface area (TPSA) is 75.6 Å². The highest BCUT2D eigenvalue weighted by atomic mass is 32.2. The molecule has 5 nitrogen and oxygen atoms in total. The third-order valence-corrected chi connectivity index (χ3v) is 4.96. The summed E-state index contributed by atoms with van der Waals surface area (Å²) in [6, 6.07) is 3.26. The van der Waals surface area contributed by atoms with Crippen LogP contribution in [0, 0.1) is 0 Å². The largest absolute Gasteiger partial charge is 0.396 e. The Morgan fingerprint density at radius 3 is 2.88 bits per heavy atom. The number of aliphatic hydroxyl groups excluding tert-OH is 1. The number of nitrogens with one attached hydrogen (secondary N) is 1. The zero-order chi connectivity index (χ0) is 12.0. The molecule has 0 saturated carbocycles. The highest BCUT2D eigenvalue weighted by molar-refractivity contribution is 7.91. The van der Waals surface area contributed by atoms with Crippen LogP contribution in [0.5, 0.6) is 0 Å². The van der Waals surface area contributed by atoms with Crippen molar-refractivity contribution in [1.29, 1.82) is 0 Å². The molecule has 1 rings (SSSR count). The number of thiophene rings is 1. The summed E-state index contributed by atoms with van der Waals surface area (Å²) < 4.78 is 30.9. The molecule has 1 heterocycles. The molecule has 92 valence electrons. The van der Waals surface area contributed by atoms with Crippen LogP contribution in [0.15, 0.2) is 16.3 Å². The molecule has 0 aliphatic heterocycles. The molecular formula is C9H15NO4S2. The second kappa shape index (κ2) is 6.31. The fourth-order valence-electron chi connectivity index (χ4n) is 1.10. The van der Waals surface area contributed by atoms with Crippen molar-refractivity contribution in [3.05, 3.63) is 17.0 Å². The molecule has 0 aliphatic rings. The van der Waals surface area contributed by atoms with E-state index in [9.17, 15) is 8.42 Å². The Kier molecular flexibility index (Phi) is 5.36. The first-order chi connectivity index (χ1) is 7.60. The quantitative estimate of drug-likeness (QED) is 0.691. The van der Waals surface area contributed by atoms with Crippen molar-refractivity contribution < 1.29 is 18.3 Å². The lowest BCUT2D eigenvalue weighted by Crippen LogP contribution is -2.26. The number of hydrogen-bond acceptors (Lipinski definition) is 5. The maximum absolute atomic E-state index is 11.7. The molecule has 2 N–H and O–H groups in total. The van der Waals surface area contributed by atoms with Gasteiger partial charge in [-0.25, -0.2) is 13.1 Å². The lowest BCUT2D eigenvalue weighted by Gasteiger charge is -2.03. The molecule has 7 heteroatoms. The van der Waals surface area contributed by atoms with E-state index in [4.69, 9.17) is 9.84 Å². The van der Waals surface area contributed by atoms with Crippen molar-refractivity contribution in [2.45, 2.75) is 10.6 Å². The summed E-state index contributed by atoms with van der Waals surface area (Å²) in [5, 5.41) is 8.73. The molecule has 0 aromatic carbocycles. The molecule has 0 amide bonds. The molecule has 16 heavy (non-hydrogen) atoms. The highest BCUT2D eigenvalue weighted by Crippen LogP contribution is 2.21. The van der Waals surface area contributed by atoms with Gasteiger partial charge in [0.15, 0.2) is 0 Å². The van der Waals surface area contributed by atoms with Crippen molar-refractivity contribution in [3.63, 3.8) is 0 Å². The highest BCUT2D eigenvalue weighted by Gasteiger charge is 2.15. The molecule has 0 atom stereocenters. The molecule has 0 radical (unpaired) electrons. The van der Waals surface area contributed by atoms with Gasteiger partial charge in [-0.05, 0) is 12.1 Å². The predicted octanol–water partition coefficient (Wildman–Crippen LogP) is 0.208. The first-order valence-corrected chi connectivity index (χ1v) is 7.08. The second-order valence-electron chi connectivity index (χ2n) is 3.08. The molecule has 0 saturated heterocycles. The fraction of sp³-hybridized carbons (Fsp3) is 0.556. The van der Waals surface area contributed by atoms with Crippen molar-refractivity contribution in [3.8, 4) is 0 Å². The number of rotatable bonds is 7. The lowest BCUT2D eigenvalue weighted by molar-refractivity contribution is 0.204. The summed E-state index contributed by atoms with van der Waals surface area (Å²) in [7, 11) is -1.91. The SMILES string of the molecule is COCCNS(=O)(=O)c1ccc(CCO)s1. The van der Waals surface area contributed by atoms with Gasteiger partial charge in [-0.1, -0.05) is 0 Å². The number of methoxy groups -OCH3 is 1. The zero-order valence-corrected chi connectivity index (χ0v) is 10.6. The molecule has 1 aromatic rings. The van der Waals surface area contributed by atoms with Crippen LogP contribution in [-0.2, 0) is 21.2 Å². The van der Waals surface area contributed by atoms with E-state index in [1.54, 1.807) is 12.1 Å². The number of hydrogen-bond donors (Lipinski definition) is 2. The summed E-state index contributed by atoms with van der Waals surface area (Å²) in [5.74, 6) is 0. The van der Waals surface area contributed by atoms with Crippen molar-refractivity contribution in [2.75, 3.05) is 26.9 Å². The third kappa shape index (κ3) is 3.84. The van der Waals surface area contributed by atoms with Crippen LogP contribution in [0.4, 0.5) is 0 Å². The van der Waals surface area contributed by atoms with Gasteiger partial charge >= 0.3 is 0 Å². The van der Waals surface area contributed by atoms with Gasteiger partial charge in [0.25, 0.3) is 0 Å². The van der Waals surface area contributed by atoms with Gasteiger partial charge in [0.2, 0.25) is 10.0 Å². The molecule has 1 aromatic heterocycles. The first kappa shape index (κ1) is 13.6. The fourth-order valence-corrected chi connectivity index (χ4v) is 3.50. The Bertz CT molecular complexity index is 413. The van der Waals surface area contributed by atoms with E-state index in [0.717, 1.165) is 4.88 Å². The lowest BCUT2D eigenvalue weighted by atomic mass is 10.4. The number of aliphatic hydroxyl groups is 1. The van der Waals surface area contributed by atoms with Gasteiger partial charge in [0, 0.05) is 31.6 Å². The van der Waals surface area contributed by atoms with Crippen LogP contribution in [0.1, 0.15) is 4.88 Å². The van der Waals surface area contributed by atoms with Crippen LogP contribution in [0.3, 0.4) is 0 Å². The zero-order valence-electron chi connectivity index (χ0n) is 8.97. The summed E-state index contributed by atoms with van der Waals surface area (Å²) in [6.07, 6.45) is 0.484. The summed E-state index contributed by atoms with van der Waals surface area (Å²) in [5.41, 5.74) is 0. The second-order valence-corrected chi connectivity index (χ2v) is 6.25. The Morgan fingerprint density at radius 2 is 2.25 bits per heavy atom. The van der Waals surface area contributed by atoms with E-state index in [2.05, 4.69) is 4.72 Å². The van der Waals surface area contributed by atoms with Crippen LogP contribution < -0.4 is 4.72 Å². The minimum atomic E-state index is -3.42. The van der Waals surface area contributed by atoms with Gasteiger partial charge in [-0.2, -0.15) is 0 Å². The van der Waals surface area contributed by atoms with Crippen LogP contribution in [0.25, 0.3) is 0 Å². The summed E-state index contributed by atoms with van der Waals surface area (Å²) in [6.45, 7) is 0.622. The van der Waals surface area contributed by atoms with E-state index in [1.165, 1.54) is 18.4 Å². The number of sulfonamides is 1. The maximum atomic E-state index is 11.7. The minimum Gasteiger partial charge on any atom is -0.396 e. The van der Waals surface area contributed by atoms with Gasteiger partial charge in [-0.3, -0.25) is 0 Å². The summed E-state index contributed by atoms with van der Waals surface area (Å²) >= 11 is 1.17. The predicted molar refractivity (Wildman–Crippen MR) is 62.2 cm³/mol. The van der Waals surface area contributed by atoms with Gasteiger partial charge in [0.05, 0.1) is 6.61 Å². The average molecular weight is 265 g/mol. The van der Waals surface area contributed by atoms with Crippen molar-refractivity contribution in [1.82, 2.24) is 4.72 Å². The average Bonchev–Trinajstić information content (AvgIpc) is 2.68. The number of ether oxygens (including phenoxy) is 1. The van der Waals surface area contributed by atoms with E-state index in [0.29, 0.717) is 13.0 Å². The monoisotopic (exact) mass is 265 g/mol. The van der Waals surface area contributed by atoms with Gasteiger partial charge < -0.3 is 9.84 Å². The Labute approximate surface area is 99.1 Å². The van der Waals surface area contributed by atoms with E-state index in [-0.39, 0.29) is 17.4 Å². The molecular weight excluding hydrogens is 250 g/mol. The van der Waals surface area contributed by atoms with Crippen molar-refractivity contribution in [2.24, 2.45) is 0 Å². The molecule has 0 spiro atoms. The molecule has 0 fully saturated rings. The Balaban J connectivity index is 2.66. The normalized spacial score (nSPS) is 11.9. The minimum absolute atomic E-state index is 0.0249. The Hall–Kier alpha value is -0.470. The van der Waals surface area contributed by atoms with Crippen LogP contribution in [-0.4, -0.2) is 40.4 Å². The third-order valence-electron chi connectivity index (χ3n) is 1.86.